The number of carbonyl (C=O) groups is 1. The van der Waals surface area contributed by atoms with E-state index in [0.29, 0.717) is 16.8 Å². The largest absolute Gasteiger partial charge is 0.481 e. The van der Waals surface area contributed by atoms with Crippen LogP contribution in [0.25, 0.3) is 21.7 Å². The lowest BCUT2D eigenvalue weighted by molar-refractivity contribution is -0.141. The minimum absolute atomic E-state index is 0.0442. The number of oxazole rings is 1. The summed E-state index contributed by atoms with van der Waals surface area (Å²) in [5.41, 5.74) is 0.0417. The van der Waals surface area contributed by atoms with Crippen molar-refractivity contribution in [1.82, 2.24) is 14.1 Å². The number of fused-ring (bicyclic) bond motifs is 1. The van der Waals surface area contributed by atoms with E-state index < -0.39 is 35.3 Å². The second-order valence-corrected chi connectivity index (χ2v) is 10.1. The highest BCUT2D eigenvalue weighted by molar-refractivity contribution is 7.19. The molecule has 0 radical (unpaired) electrons. The molecule has 0 aliphatic heterocycles. The maximum atomic E-state index is 13.8. The number of benzene rings is 1. The molecule has 3 aromatic heterocycles. The number of aliphatic carboxylic acids is 1. The Morgan fingerprint density at radius 2 is 1.92 bits per heavy atom. The van der Waals surface area contributed by atoms with Gasteiger partial charge in [-0.3, -0.25) is 18.7 Å². The normalized spacial score (nSPS) is 14.1. The summed E-state index contributed by atoms with van der Waals surface area (Å²) in [6.45, 7) is 4.71. The van der Waals surface area contributed by atoms with Crippen LogP contribution in [0, 0.1) is 12.8 Å². The molecule has 0 amide bonds. The van der Waals surface area contributed by atoms with Crippen LogP contribution in [0.3, 0.4) is 0 Å². The van der Waals surface area contributed by atoms with Crippen molar-refractivity contribution in [3.05, 3.63) is 74.1 Å². The van der Waals surface area contributed by atoms with Gasteiger partial charge in [-0.1, -0.05) is 44.2 Å². The van der Waals surface area contributed by atoms with Gasteiger partial charge in [0.25, 0.3) is 5.56 Å². The number of hydrogen-bond donors (Lipinski definition) is 2. The lowest BCUT2D eigenvalue weighted by Crippen LogP contribution is -2.42. The third kappa shape index (κ3) is 5.29. The summed E-state index contributed by atoms with van der Waals surface area (Å²) in [6, 6.07) is 9.33. The maximum absolute atomic E-state index is 13.8. The van der Waals surface area contributed by atoms with Crippen molar-refractivity contribution in [3.63, 3.8) is 0 Å². The number of hydrogen-bond acceptors (Lipinski definition) is 8. The van der Waals surface area contributed by atoms with Crippen molar-refractivity contribution in [1.29, 1.82) is 0 Å². The van der Waals surface area contributed by atoms with E-state index in [0.717, 1.165) is 15.0 Å². The van der Waals surface area contributed by atoms with E-state index in [1.807, 2.05) is 44.2 Å². The topological polar surface area (TPSA) is 137 Å². The first-order valence-corrected chi connectivity index (χ1v) is 12.8. The zero-order chi connectivity index (χ0) is 26.7. The molecule has 4 rings (SSSR count). The highest BCUT2D eigenvalue weighted by Crippen LogP contribution is 2.36. The van der Waals surface area contributed by atoms with Crippen LogP contribution < -0.4 is 11.2 Å². The lowest BCUT2D eigenvalue weighted by atomic mass is 10.1. The molecular weight excluding hydrogens is 498 g/mol. The van der Waals surface area contributed by atoms with Gasteiger partial charge in [-0.2, -0.15) is 0 Å². The number of thiophene rings is 1. The van der Waals surface area contributed by atoms with Crippen molar-refractivity contribution in [3.8, 4) is 11.5 Å². The molecular formula is C26H29N3O7S. The minimum Gasteiger partial charge on any atom is -0.481 e. The van der Waals surface area contributed by atoms with Gasteiger partial charge >= 0.3 is 11.7 Å². The Hall–Kier alpha value is -3.54. The van der Waals surface area contributed by atoms with Crippen LogP contribution in [0.5, 0.6) is 0 Å². The van der Waals surface area contributed by atoms with E-state index in [2.05, 4.69) is 4.98 Å². The SMILES string of the molecule is CC[C@H](CO)O[C@@H](Cn1c(=O)n(CC(C)C(=O)O)c(=O)c2c(-c3ncco3)c(C)sc21)c1ccccc1. The summed E-state index contributed by atoms with van der Waals surface area (Å²) in [4.78, 5) is 44.3. The van der Waals surface area contributed by atoms with E-state index in [1.165, 1.54) is 35.3 Å². The Morgan fingerprint density at radius 3 is 2.51 bits per heavy atom. The Bertz CT molecular complexity index is 1480. The first kappa shape index (κ1) is 26.5. The molecule has 3 heterocycles. The molecule has 3 atom stereocenters. The monoisotopic (exact) mass is 527 g/mol. The molecule has 0 aliphatic rings. The highest BCUT2D eigenvalue weighted by atomic mass is 32.1. The third-order valence-electron chi connectivity index (χ3n) is 6.29. The zero-order valence-electron chi connectivity index (χ0n) is 20.8. The fourth-order valence-corrected chi connectivity index (χ4v) is 5.35. The number of carboxylic acid groups (broad SMARTS) is 1. The van der Waals surface area contributed by atoms with Gasteiger partial charge in [0, 0.05) is 11.4 Å². The smallest absolute Gasteiger partial charge is 0.332 e. The lowest BCUT2D eigenvalue weighted by Gasteiger charge is -2.25. The van der Waals surface area contributed by atoms with E-state index in [9.17, 15) is 24.6 Å². The third-order valence-corrected chi connectivity index (χ3v) is 7.42. The van der Waals surface area contributed by atoms with E-state index in [4.69, 9.17) is 9.15 Å². The number of aromatic nitrogens is 3. The maximum Gasteiger partial charge on any atom is 0.332 e. The first-order valence-electron chi connectivity index (χ1n) is 12.0. The molecule has 11 heteroatoms. The van der Waals surface area contributed by atoms with E-state index in [1.54, 1.807) is 0 Å². The van der Waals surface area contributed by atoms with Crippen LogP contribution in [-0.2, 0) is 22.6 Å². The van der Waals surface area contributed by atoms with Gasteiger partial charge < -0.3 is 19.4 Å². The molecule has 196 valence electrons. The van der Waals surface area contributed by atoms with Crippen molar-refractivity contribution in [2.45, 2.75) is 52.5 Å². The van der Waals surface area contributed by atoms with Gasteiger partial charge in [0.2, 0.25) is 5.89 Å². The van der Waals surface area contributed by atoms with Gasteiger partial charge in [-0.05, 0) is 18.9 Å². The number of aliphatic hydroxyl groups is 1. The summed E-state index contributed by atoms with van der Waals surface area (Å²) >= 11 is 1.26. The summed E-state index contributed by atoms with van der Waals surface area (Å²) in [5, 5.41) is 19.5. The van der Waals surface area contributed by atoms with Crippen molar-refractivity contribution >= 4 is 27.5 Å². The van der Waals surface area contributed by atoms with Crippen LogP contribution in [0.4, 0.5) is 0 Å². The standard InChI is InChI=1S/C26H29N3O7S/c1-4-18(14-30)36-19(17-8-6-5-7-9-17)13-29-24-21(20(16(3)37-24)22-27-10-11-35-22)23(31)28(26(29)34)12-15(2)25(32)33/h5-11,15,18-19,30H,4,12-14H2,1-3H3,(H,32,33)/t15?,18-,19+/m1/s1. The van der Waals surface area contributed by atoms with Crippen LogP contribution in [0.1, 0.15) is 36.8 Å². The molecule has 1 aromatic carbocycles. The van der Waals surface area contributed by atoms with Crippen LogP contribution in [0.2, 0.25) is 0 Å². The number of rotatable bonds is 11. The van der Waals surface area contributed by atoms with Crippen molar-refractivity contribution in [2.75, 3.05) is 6.61 Å². The highest BCUT2D eigenvalue weighted by Gasteiger charge is 2.27. The Labute approximate surface area is 216 Å². The molecule has 37 heavy (non-hydrogen) atoms. The predicted molar refractivity (Wildman–Crippen MR) is 139 cm³/mol. The number of carboxylic acids is 1. The average Bonchev–Trinajstić information content (AvgIpc) is 3.54. The van der Waals surface area contributed by atoms with Crippen LogP contribution in [0.15, 0.2) is 56.8 Å². The van der Waals surface area contributed by atoms with Gasteiger partial charge in [-0.25, -0.2) is 9.78 Å². The summed E-state index contributed by atoms with van der Waals surface area (Å²) in [7, 11) is 0. The Morgan fingerprint density at radius 1 is 1.19 bits per heavy atom. The molecule has 2 N–H and O–H groups in total. The number of aliphatic hydroxyl groups excluding tert-OH is 1. The average molecular weight is 528 g/mol. The van der Waals surface area contributed by atoms with Gasteiger partial charge in [0.15, 0.2) is 0 Å². The Balaban J connectivity index is 1.96. The molecule has 1 unspecified atom stereocenters. The number of aryl methyl sites for hydroxylation is 1. The van der Waals surface area contributed by atoms with Gasteiger partial charge in [-0.15, -0.1) is 11.3 Å². The molecule has 0 bridgehead atoms. The fraction of sp³-hybridized carbons (Fsp3) is 0.385. The Kier molecular flexibility index (Phi) is 8.06. The number of ether oxygens (including phenoxy) is 1. The predicted octanol–water partition coefficient (Wildman–Crippen LogP) is 3.44. The van der Waals surface area contributed by atoms with Crippen molar-refractivity contribution < 1.29 is 24.2 Å². The summed E-state index contributed by atoms with van der Waals surface area (Å²) < 4.78 is 14.1. The molecule has 0 aliphatic carbocycles. The van der Waals surface area contributed by atoms with E-state index >= 15 is 0 Å². The van der Waals surface area contributed by atoms with Crippen LogP contribution >= 0.6 is 11.3 Å². The minimum atomic E-state index is -1.12. The van der Waals surface area contributed by atoms with Gasteiger partial charge in [0.05, 0.1) is 42.3 Å². The van der Waals surface area contributed by atoms with Crippen molar-refractivity contribution in [2.24, 2.45) is 5.92 Å². The van der Waals surface area contributed by atoms with E-state index in [-0.39, 0.29) is 31.0 Å². The molecule has 0 saturated carbocycles. The van der Waals surface area contributed by atoms with Gasteiger partial charge in [0.1, 0.15) is 17.2 Å². The molecule has 10 nitrogen and oxygen atoms in total. The molecule has 0 fully saturated rings. The molecule has 0 spiro atoms. The molecule has 0 saturated heterocycles. The zero-order valence-corrected chi connectivity index (χ0v) is 21.6. The first-order chi connectivity index (χ1) is 17.8. The second-order valence-electron chi connectivity index (χ2n) is 8.85. The fourth-order valence-electron chi connectivity index (χ4n) is 4.21. The summed E-state index contributed by atoms with van der Waals surface area (Å²) in [5.74, 6) is -1.85. The summed E-state index contributed by atoms with van der Waals surface area (Å²) in [6.07, 6.45) is 2.36. The number of nitrogens with zero attached hydrogens (tertiary/aromatic N) is 3. The second kappa shape index (κ2) is 11.2. The quantitative estimate of drug-likeness (QED) is 0.303. The molecule has 4 aromatic rings. The van der Waals surface area contributed by atoms with Crippen LogP contribution in [-0.4, -0.2) is 43.0 Å².